The lowest BCUT2D eigenvalue weighted by Gasteiger charge is -2.32. The van der Waals surface area contributed by atoms with Gasteiger partial charge in [-0.3, -0.25) is 4.79 Å². The van der Waals surface area contributed by atoms with Crippen LogP contribution in [0.3, 0.4) is 0 Å². The van der Waals surface area contributed by atoms with Crippen molar-refractivity contribution in [3.05, 3.63) is 63.7 Å². The molecule has 1 saturated heterocycles. The summed E-state index contributed by atoms with van der Waals surface area (Å²) < 4.78 is 10.8. The van der Waals surface area contributed by atoms with E-state index in [2.05, 4.69) is 0 Å². The fourth-order valence-corrected chi connectivity index (χ4v) is 2.97. The molecule has 5 heteroatoms. The number of amides is 1. The average molecular weight is 327 g/mol. The number of hydrogen-bond donors (Lipinski definition) is 0. The van der Waals surface area contributed by atoms with Gasteiger partial charge in [-0.25, -0.2) is 4.79 Å². The van der Waals surface area contributed by atoms with Crippen molar-refractivity contribution >= 4 is 5.91 Å². The van der Waals surface area contributed by atoms with Crippen LogP contribution in [0.15, 0.2) is 45.6 Å². The van der Waals surface area contributed by atoms with Gasteiger partial charge in [0.05, 0.1) is 6.07 Å². The van der Waals surface area contributed by atoms with E-state index >= 15 is 0 Å². The molecule has 2 aromatic rings. The zero-order valence-corrected chi connectivity index (χ0v) is 14.0. The Labute approximate surface area is 140 Å². The van der Waals surface area contributed by atoms with Crippen LogP contribution < -0.4 is 10.4 Å². The normalized spacial score (nSPS) is 15.3. The number of benzene rings is 1. The van der Waals surface area contributed by atoms with Crippen LogP contribution >= 0.6 is 0 Å². The van der Waals surface area contributed by atoms with E-state index in [4.69, 9.17) is 9.15 Å². The van der Waals surface area contributed by atoms with E-state index in [1.807, 2.05) is 36.1 Å². The lowest BCUT2D eigenvalue weighted by molar-refractivity contribution is 0.0594. The standard InChI is InChI=1S/C19H21NO4/c1-13-4-3-5-15(10-13)19(22)20-8-6-16(7-9-20)24-17-11-14(2)23-18(21)12-17/h3-5,10-12,16H,6-9H2,1-2H3. The Hall–Kier alpha value is -2.56. The molecule has 0 N–H and O–H groups in total. The zero-order valence-electron chi connectivity index (χ0n) is 14.0. The highest BCUT2D eigenvalue weighted by Crippen LogP contribution is 2.20. The van der Waals surface area contributed by atoms with Crippen LogP contribution in [-0.4, -0.2) is 30.0 Å². The number of carbonyl (C=O) groups is 1. The number of nitrogens with zero attached hydrogens (tertiary/aromatic N) is 1. The van der Waals surface area contributed by atoms with E-state index in [-0.39, 0.29) is 12.0 Å². The Morgan fingerprint density at radius 1 is 1.17 bits per heavy atom. The third kappa shape index (κ3) is 3.85. The molecule has 126 valence electrons. The molecule has 0 radical (unpaired) electrons. The third-order valence-electron chi connectivity index (χ3n) is 4.16. The zero-order chi connectivity index (χ0) is 17.1. The van der Waals surface area contributed by atoms with Gasteiger partial charge in [0, 0.05) is 37.6 Å². The topological polar surface area (TPSA) is 59.8 Å². The van der Waals surface area contributed by atoms with Crippen LogP contribution in [0, 0.1) is 13.8 Å². The van der Waals surface area contributed by atoms with Gasteiger partial charge in [-0.05, 0) is 26.0 Å². The minimum absolute atomic E-state index is 0.00718. The van der Waals surface area contributed by atoms with Crippen molar-refractivity contribution in [3.63, 3.8) is 0 Å². The van der Waals surface area contributed by atoms with Crippen LogP contribution in [0.2, 0.25) is 0 Å². The lowest BCUT2D eigenvalue weighted by Crippen LogP contribution is -2.41. The smallest absolute Gasteiger partial charge is 0.339 e. The molecule has 0 aliphatic carbocycles. The number of ether oxygens (including phenoxy) is 1. The molecule has 1 aromatic heterocycles. The molecule has 0 bridgehead atoms. The van der Waals surface area contributed by atoms with E-state index in [0.29, 0.717) is 24.6 Å². The summed E-state index contributed by atoms with van der Waals surface area (Å²) >= 11 is 0. The Balaban J connectivity index is 1.59. The highest BCUT2D eigenvalue weighted by Gasteiger charge is 2.25. The first-order chi connectivity index (χ1) is 11.5. The largest absolute Gasteiger partial charge is 0.490 e. The first kappa shape index (κ1) is 16.3. The van der Waals surface area contributed by atoms with Gasteiger partial charge in [-0.2, -0.15) is 0 Å². The van der Waals surface area contributed by atoms with Gasteiger partial charge >= 0.3 is 5.63 Å². The first-order valence-corrected chi connectivity index (χ1v) is 8.15. The Morgan fingerprint density at radius 2 is 1.92 bits per heavy atom. The molecule has 1 aromatic carbocycles. The maximum absolute atomic E-state index is 12.5. The summed E-state index contributed by atoms with van der Waals surface area (Å²) in [5.41, 5.74) is 1.40. The van der Waals surface area contributed by atoms with E-state index in [0.717, 1.165) is 24.0 Å². The van der Waals surface area contributed by atoms with Crippen LogP contribution in [0.5, 0.6) is 5.75 Å². The summed E-state index contributed by atoms with van der Waals surface area (Å²) in [5, 5.41) is 0. The highest BCUT2D eigenvalue weighted by atomic mass is 16.5. The van der Waals surface area contributed by atoms with Gasteiger partial charge in [0.15, 0.2) is 0 Å². The van der Waals surface area contributed by atoms with Crippen LogP contribution in [0.4, 0.5) is 0 Å². The molecule has 1 aliphatic rings. The summed E-state index contributed by atoms with van der Waals surface area (Å²) in [5.74, 6) is 1.13. The summed E-state index contributed by atoms with van der Waals surface area (Å²) in [6.07, 6.45) is 1.50. The molecule has 0 atom stereocenters. The molecular formula is C19H21NO4. The van der Waals surface area contributed by atoms with E-state index in [9.17, 15) is 9.59 Å². The minimum atomic E-state index is -0.405. The van der Waals surface area contributed by atoms with Crippen molar-refractivity contribution in [3.8, 4) is 5.75 Å². The van der Waals surface area contributed by atoms with Gasteiger partial charge < -0.3 is 14.1 Å². The summed E-state index contributed by atoms with van der Waals surface area (Å²) in [6.45, 7) is 5.00. The van der Waals surface area contributed by atoms with Crippen LogP contribution in [0.25, 0.3) is 0 Å². The van der Waals surface area contributed by atoms with Crippen molar-refractivity contribution < 1.29 is 13.9 Å². The average Bonchev–Trinajstić information content (AvgIpc) is 2.54. The SMILES string of the molecule is Cc1cccc(C(=O)N2CCC(Oc3cc(C)oc(=O)c3)CC2)c1. The number of aryl methyl sites for hydroxylation is 2. The minimum Gasteiger partial charge on any atom is -0.490 e. The lowest BCUT2D eigenvalue weighted by atomic mass is 10.1. The molecular weight excluding hydrogens is 306 g/mol. The van der Waals surface area contributed by atoms with Gasteiger partial charge in [-0.15, -0.1) is 0 Å². The summed E-state index contributed by atoms with van der Waals surface area (Å²) in [6, 6.07) is 10.7. The first-order valence-electron chi connectivity index (χ1n) is 8.15. The summed E-state index contributed by atoms with van der Waals surface area (Å²) in [7, 11) is 0. The van der Waals surface area contributed by atoms with Gasteiger partial charge in [-0.1, -0.05) is 17.7 Å². The predicted molar refractivity (Wildman–Crippen MR) is 90.4 cm³/mol. The molecule has 24 heavy (non-hydrogen) atoms. The van der Waals surface area contributed by atoms with Crippen molar-refractivity contribution in [2.45, 2.75) is 32.8 Å². The number of likely N-dealkylation sites (tertiary alicyclic amines) is 1. The Kier molecular flexibility index (Phi) is 4.69. The van der Waals surface area contributed by atoms with E-state index in [1.165, 1.54) is 6.07 Å². The predicted octanol–water partition coefficient (Wildman–Crippen LogP) is 2.94. The van der Waals surface area contributed by atoms with Crippen molar-refractivity contribution in [2.75, 3.05) is 13.1 Å². The molecule has 3 rings (SSSR count). The second-order valence-electron chi connectivity index (χ2n) is 6.20. The Bertz CT molecular complexity index is 788. The Morgan fingerprint density at radius 3 is 2.58 bits per heavy atom. The number of carbonyl (C=O) groups excluding carboxylic acids is 1. The van der Waals surface area contributed by atoms with Crippen molar-refractivity contribution in [1.82, 2.24) is 4.90 Å². The number of rotatable bonds is 3. The van der Waals surface area contributed by atoms with Crippen LogP contribution in [0.1, 0.15) is 34.5 Å². The fraction of sp³-hybridized carbons (Fsp3) is 0.368. The molecule has 1 amide bonds. The molecule has 5 nitrogen and oxygen atoms in total. The molecule has 0 spiro atoms. The quantitative estimate of drug-likeness (QED) is 0.869. The van der Waals surface area contributed by atoms with Crippen molar-refractivity contribution in [2.24, 2.45) is 0 Å². The monoisotopic (exact) mass is 327 g/mol. The summed E-state index contributed by atoms with van der Waals surface area (Å²) in [4.78, 5) is 25.8. The number of piperidine rings is 1. The van der Waals surface area contributed by atoms with Crippen LogP contribution in [-0.2, 0) is 0 Å². The maximum atomic E-state index is 12.5. The van der Waals surface area contributed by atoms with Gasteiger partial charge in [0.1, 0.15) is 17.6 Å². The molecule has 1 aliphatic heterocycles. The number of hydrogen-bond acceptors (Lipinski definition) is 4. The molecule has 0 unspecified atom stereocenters. The second kappa shape index (κ2) is 6.91. The van der Waals surface area contributed by atoms with Crippen molar-refractivity contribution in [1.29, 1.82) is 0 Å². The third-order valence-corrected chi connectivity index (χ3v) is 4.16. The van der Waals surface area contributed by atoms with Gasteiger partial charge in [0.25, 0.3) is 5.91 Å². The second-order valence-corrected chi connectivity index (χ2v) is 6.20. The highest BCUT2D eigenvalue weighted by molar-refractivity contribution is 5.94. The molecule has 1 fully saturated rings. The van der Waals surface area contributed by atoms with E-state index in [1.54, 1.807) is 13.0 Å². The maximum Gasteiger partial charge on any atom is 0.339 e. The van der Waals surface area contributed by atoms with Gasteiger partial charge in [0.2, 0.25) is 0 Å². The van der Waals surface area contributed by atoms with E-state index < -0.39 is 5.63 Å². The fourth-order valence-electron chi connectivity index (χ4n) is 2.97. The molecule has 0 saturated carbocycles. The molecule has 2 heterocycles.